The first kappa shape index (κ1) is 20.4. The molecular weight excluding hydrogens is 424 g/mol. The fourth-order valence-corrected chi connectivity index (χ4v) is 4.67. The lowest BCUT2D eigenvalue weighted by Gasteiger charge is -2.26. The van der Waals surface area contributed by atoms with Crippen LogP contribution in [0.3, 0.4) is 0 Å². The van der Waals surface area contributed by atoms with Gasteiger partial charge in [0.15, 0.2) is 0 Å². The van der Waals surface area contributed by atoms with E-state index in [1.54, 1.807) is 25.1 Å². The van der Waals surface area contributed by atoms with Crippen LogP contribution in [0.15, 0.2) is 53.4 Å². The van der Waals surface area contributed by atoms with Crippen LogP contribution in [-0.4, -0.2) is 47.9 Å². The number of anilines is 1. The van der Waals surface area contributed by atoms with Crippen LogP contribution in [0.25, 0.3) is 10.8 Å². The third-order valence-electron chi connectivity index (χ3n) is 5.01. The molecule has 3 aromatic carbocycles. The Morgan fingerprint density at radius 2 is 1.74 bits per heavy atom. The largest absolute Gasteiger partial charge is 0.507 e. The summed E-state index contributed by atoms with van der Waals surface area (Å²) >= 11 is 0. The smallest absolute Gasteiger partial charge is 0.339 e. The van der Waals surface area contributed by atoms with Crippen LogP contribution < -0.4 is 4.72 Å². The maximum atomic E-state index is 13.0. The van der Waals surface area contributed by atoms with E-state index in [-0.39, 0.29) is 22.7 Å². The van der Waals surface area contributed by atoms with Crippen LogP contribution in [0, 0.1) is 0 Å². The highest BCUT2D eigenvalue weighted by atomic mass is 32.2. The van der Waals surface area contributed by atoms with Gasteiger partial charge in [-0.05, 0) is 48.7 Å². The number of carbonyl (C=O) groups is 3. The summed E-state index contributed by atoms with van der Waals surface area (Å²) in [5, 5.41) is 19.5. The monoisotopic (exact) mass is 440 g/mol. The summed E-state index contributed by atoms with van der Waals surface area (Å²) in [6.07, 6.45) is 0. The predicted octanol–water partition coefficient (Wildman–Crippen LogP) is 2.66. The molecule has 31 heavy (non-hydrogen) atoms. The van der Waals surface area contributed by atoms with Gasteiger partial charge in [0, 0.05) is 28.7 Å². The summed E-state index contributed by atoms with van der Waals surface area (Å²) in [5.41, 5.74) is -0.137. The Morgan fingerprint density at radius 3 is 2.42 bits per heavy atom. The number of sulfonamides is 1. The van der Waals surface area contributed by atoms with Gasteiger partial charge in [-0.25, -0.2) is 13.2 Å². The van der Waals surface area contributed by atoms with Gasteiger partial charge in [-0.1, -0.05) is 12.1 Å². The summed E-state index contributed by atoms with van der Waals surface area (Å²) in [6.45, 7) is 1.78. The topological polar surface area (TPSA) is 141 Å². The maximum absolute atomic E-state index is 13.0. The lowest BCUT2D eigenvalue weighted by atomic mass is 9.94. The minimum atomic E-state index is -4.22. The Bertz CT molecular complexity index is 1400. The molecule has 0 fully saturated rings. The fraction of sp³-hybridized carbons (Fsp3) is 0.0952. The number of aromatic carboxylic acids is 1. The lowest BCUT2D eigenvalue weighted by molar-refractivity contribution is 0.0617. The van der Waals surface area contributed by atoms with Gasteiger partial charge in [0.1, 0.15) is 11.3 Å². The zero-order chi connectivity index (χ0) is 22.5. The van der Waals surface area contributed by atoms with Crippen LogP contribution >= 0.6 is 0 Å². The van der Waals surface area contributed by atoms with Gasteiger partial charge in [-0.3, -0.25) is 19.2 Å². The number of hydrogen-bond donors (Lipinski definition) is 3. The van der Waals surface area contributed by atoms with Crippen molar-refractivity contribution in [1.82, 2.24) is 4.90 Å². The highest BCUT2D eigenvalue weighted by molar-refractivity contribution is 7.92. The molecular formula is C21H16N2O7S. The van der Waals surface area contributed by atoms with Crippen molar-refractivity contribution in [1.29, 1.82) is 0 Å². The minimum Gasteiger partial charge on any atom is -0.507 e. The van der Waals surface area contributed by atoms with Gasteiger partial charge in [-0.15, -0.1) is 0 Å². The van der Waals surface area contributed by atoms with E-state index in [9.17, 15) is 27.9 Å². The molecule has 1 heterocycles. The zero-order valence-electron chi connectivity index (χ0n) is 16.1. The van der Waals surface area contributed by atoms with Gasteiger partial charge in [0.25, 0.3) is 21.8 Å². The summed E-state index contributed by atoms with van der Waals surface area (Å²) in [4.78, 5) is 37.4. The van der Waals surface area contributed by atoms with E-state index in [1.807, 2.05) is 0 Å². The lowest BCUT2D eigenvalue weighted by Crippen LogP contribution is -2.40. The van der Waals surface area contributed by atoms with E-state index in [1.165, 1.54) is 18.2 Å². The van der Waals surface area contributed by atoms with Crippen molar-refractivity contribution in [3.8, 4) is 5.75 Å². The number of aromatic hydroxyl groups is 1. The highest BCUT2D eigenvalue weighted by Gasteiger charge is 2.33. The number of phenols is 1. The second kappa shape index (κ2) is 7.10. The number of benzene rings is 3. The van der Waals surface area contributed by atoms with E-state index < -0.39 is 39.1 Å². The van der Waals surface area contributed by atoms with E-state index in [0.717, 1.165) is 17.0 Å². The second-order valence-corrected chi connectivity index (χ2v) is 8.55. The molecule has 0 aromatic heterocycles. The van der Waals surface area contributed by atoms with Crippen LogP contribution in [0.2, 0.25) is 0 Å². The van der Waals surface area contributed by atoms with E-state index in [4.69, 9.17) is 5.11 Å². The number of nitrogens with one attached hydrogen (secondary N) is 1. The van der Waals surface area contributed by atoms with Crippen LogP contribution in [-0.2, 0) is 10.0 Å². The molecule has 2 amide bonds. The summed E-state index contributed by atoms with van der Waals surface area (Å²) in [5.74, 6) is -2.96. The molecule has 1 aliphatic rings. The van der Waals surface area contributed by atoms with Gasteiger partial charge in [0.05, 0.1) is 4.90 Å². The van der Waals surface area contributed by atoms with Crippen LogP contribution in [0.4, 0.5) is 5.69 Å². The molecule has 3 aromatic rings. The first-order valence-corrected chi connectivity index (χ1v) is 10.6. The Balaban J connectivity index is 1.84. The zero-order valence-corrected chi connectivity index (χ0v) is 16.9. The number of rotatable bonds is 5. The number of carboxylic acids is 1. The molecule has 3 N–H and O–H groups in total. The van der Waals surface area contributed by atoms with Crippen molar-refractivity contribution in [2.45, 2.75) is 11.8 Å². The SMILES string of the molecule is CCN1C(=O)c2cccc3cc(S(=O)(=O)Nc4ccc(O)c(C(=O)O)c4)cc(c23)C1=O. The molecule has 0 bridgehead atoms. The quantitative estimate of drug-likeness (QED) is 0.409. The molecule has 9 nitrogen and oxygen atoms in total. The molecule has 4 rings (SSSR count). The summed E-state index contributed by atoms with van der Waals surface area (Å²) in [6, 6.07) is 10.6. The third-order valence-corrected chi connectivity index (χ3v) is 6.37. The summed E-state index contributed by atoms with van der Waals surface area (Å²) in [7, 11) is -4.22. The van der Waals surface area contributed by atoms with E-state index in [0.29, 0.717) is 16.3 Å². The first-order valence-electron chi connectivity index (χ1n) is 9.16. The van der Waals surface area contributed by atoms with Crippen molar-refractivity contribution >= 4 is 44.3 Å². The van der Waals surface area contributed by atoms with Gasteiger partial charge >= 0.3 is 5.97 Å². The standard InChI is InChI=1S/C21H16N2O7S/c1-2-23-19(25)14-5-3-4-11-8-13(10-16(18(11)14)20(23)26)31(29,30)22-12-6-7-17(24)15(9-12)21(27)28/h3-10,22,24H,2H2,1H3,(H,27,28). The highest BCUT2D eigenvalue weighted by Crippen LogP contribution is 2.33. The molecule has 0 aliphatic carbocycles. The predicted molar refractivity (Wildman–Crippen MR) is 111 cm³/mol. The van der Waals surface area contributed by atoms with E-state index in [2.05, 4.69) is 4.72 Å². The Hall–Kier alpha value is -3.92. The molecule has 1 aliphatic heterocycles. The molecule has 158 valence electrons. The number of carbonyl (C=O) groups excluding carboxylic acids is 2. The number of carboxylic acid groups (broad SMARTS) is 1. The minimum absolute atomic E-state index is 0.0746. The maximum Gasteiger partial charge on any atom is 0.339 e. The van der Waals surface area contributed by atoms with Gasteiger partial charge in [0.2, 0.25) is 0 Å². The third kappa shape index (κ3) is 3.26. The van der Waals surface area contributed by atoms with Gasteiger partial charge in [-0.2, -0.15) is 0 Å². The number of nitrogens with zero attached hydrogens (tertiary/aromatic N) is 1. The molecule has 0 spiro atoms. The second-order valence-electron chi connectivity index (χ2n) is 6.87. The molecule has 0 radical (unpaired) electrons. The number of imide groups is 1. The molecule has 0 unspecified atom stereocenters. The molecule has 10 heteroatoms. The molecule has 0 atom stereocenters. The molecule has 0 saturated heterocycles. The Labute approximate surface area is 176 Å². The van der Waals surface area contributed by atoms with Crippen molar-refractivity contribution < 1.29 is 33.0 Å². The Morgan fingerprint density at radius 1 is 1.03 bits per heavy atom. The van der Waals surface area contributed by atoms with Crippen molar-refractivity contribution in [2.24, 2.45) is 0 Å². The number of hydrogen-bond acceptors (Lipinski definition) is 6. The first-order chi connectivity index (χ1) is 14.6. The fourth-order valence-electron chi connectivity index (χ4n) is 3.56. The van der Waals surface area contributed by atoms with Gasteiger partial charge < -0.3 is 10.2 Å². The average molecular weight is 440 g/mol. The normalized spacial score (nSPS) is 13.5. The summed E-state index contributed by atoms with van der Waals surface area (Å²) < 4.78 is 28.2. The number of amides is 2. The van der Waals surface area contributed by atoms with Crippen LogP contribution in [0.1, 0.15) is 38.0 Å². The van der Waals surface area contributed by atoms with Crippen molar-refractivity contribution in [2.75, 3.05) is 11.3 Å². The van der Waals surface area contributed by atoms with Crippen LogP contribution in [0.5, 0.6) is 5.75 Å². The Kier molecular flexibility index (Phi) is 4.66. The van der Waals surface area contributed by atoms with Crippen molar-refractivity contribution in [3.05, 3.63) is 65.2 Å². The molecule has 0 saturated carbocycles. The average Bonchev–Trinajstić information content (AvgIpc) is 2.73. The van der Waals surface area contributed by atoms with E-state index >= 15 is 0 Å². The van der Waals surface area contributed by atoms with Crippen molar-refractivity contribution in [3.63, 3.8) is 0 Å².